The summed E-state index contributed by atoms with van der Waals surface area (Å²) in [6.45, 7) is 4.99. The summed E-state index contributed by atoms with van der Waals surface area (Å²) in [6.07, 6.45) is 5.44. The van der Waals surface area contributed by atoms with Crippen LogP contribution in [0, 0.1) is 6.92 Å². The van der Waals surface area contributed by atoms with Crippen molar-refractivity contribution < 1.29 is 13.2 Å². The third-order valence-corrected chi connectivity index (χ3v) is 9.77. The van der Waals surface area contributed by atoms with Crippen LogP contribution in [0.25, 0.3) is 22.2 Å². The first kappa shape index (κ1) is 27.8. The van der Waals surface area contributed by atoms with Crippen LogP contribution in [0.5, 0.6) is 0 Å². The minimum atomic E-state index is -4.14. The van der Waals surface area contributed by atoms with Gasteiger partial charge in [-0.3, -0.25) is 4.79 Å². The van der Waals surface area contributed by atoms with Crippen molar-refractivity contribution in [1.82, 2.24) is 9.55 Å². The summed E-state index contributed by atoms with van der Waals surface area (Å²) >= 11 is 3.31. The van der Waals surface area contributed by atoms with Gasteiger partial charge in [-0.1, -0.05) is 67.9 Å². The third kappa shape index (κ3) is 5.33. The molecule has 6 nitrogen and oxygen atoms in total. The number of hydrogen-bond donors (Lipinski definition) is 0. The maximum absolute atomic E-state index is 13.5. The van der Waals surface area contributed by atoms with Gasteiger partial charge in [0.1, 0.15) is 10.5 Å². The Morgan fingerprint density at radius 1 is 0.975 bits per heavy atom. The molecule has 0 aliphatic rings. The quantitative estimate of drug-likeness (QED) is 0.152. The number of fused-ring (bicyclic) bond motifs is 1. The number of halogens is 1. The Morgan fingerprint density at radius 3 is 2.42 bits per heavy atom. The number of sulfonamides is 1. The molecule has 1 amide bonds. The molecule has 40 heavy (non-hydrogen) atoms. The first-order chi connectivity index (χ1) is 19.3. The Labute approximate surface area is 243 Å². The zero-order chi connectivity index (χ0) is 28.3. The SMILES string of the molecule is CCCCc1cc2c(C)ccnc2n1Cc1ccc(-c2ccccc2N(C=O)S(=O)(=O)c2ccccc2Br)cc1. The van der Waals surface area contributed by atoms with Gasteiger partial charge in [0, 0.05) is 33.9 Å². The van der Waals surface area contributed by atoms with Crippen LogP contribution in [-0.4, -0.2) is 24.4 Å². The molecule has 0 aliphatic heterocycles. The molecular weight excluding hydrogens is 586 g/mol. The van der Waals surface area contributed by atoms with E-state index in [1.54, 1.807) is 30.3 Å². The van der Waals surface area contributed by atoms with E-state index in [0.717, 1.165) is 40.3 Å². The van der Waals surface area contributed by atoms with Gasteiger partial charge in [-0.15, -0.1) is 0 Å². The second-order valence-electron chi connectivity index (χ2n) is 9.74. The van der Waals surface area contributed by atoms with Crippen LogP contribution in [0.3, 0.4) is 0 Å². The molecule has 0 saturated heterocycles. The maximum Gasteiger partial charge on any atom is 0.271 e. The molecule has 0 N–H and O–H groups in total. The number of unbranched alkanes of at least 4 members (excludes halogenated alkanes) is 1. The predicted octanol–water partition coefficient (Wildman–Crippen LogP) is 7.52. The highest BCUT2D eigenvalue weighted by molar-refractivity contribution is 9.10. The molecule has 5 rings (SSSR count). The van der Waals surface area contributed by atoms with E-state index in [0.29, 0.717) is 28.7 Å². The van der Waals surface area contributed by atoms with Crippen LogP contribution in [0.2, 0.25) is 0 Å². The molecule has 204 valence electrons. The van der Waals surface area contributed by atoms with Crippen LogP contribution in [0.1, 0.15) is 36.6 Å². The smallest absolute Gasteiger partial charge is 0.271 e. The Morgan fingerprint density at radius 2 is 1.70 bits per heavy atom. The molecule has 0 radical (unpaired) electrons. The Kier molecular flexibility index (Phi) is 8.19. The second-order valence-corrected chi connectivity index (χ2v) is 12.4. The van der Waals surface area contributed by atoms with E-state index in [9.17, 15) is 13.2 Å². The summed E-state index contributed by atoms with van der Waals surface area (Å²) in [4.78, 5) is 16.9. The van der Waals surface area contributed by atoms with Gasteiger partial charge in [-0.05, 0) is 82.7 Å². The number of para-hydroxylation sites is 1. The van der Waals surface area contributed by atoms with E-state index in [2.05, 4.69) is 40.4 Å². The highest BCUT2D eigenvalue weighted by atomic mass is 79.9. The fourth-order valence-electron chi connectivity index (χ4n) is 4.96. The van der Waals surface area contributed by atoms with Crippen molar-refractivity contribution in [3.63, 3.8) is 0 Å². The summed E-state index contributed by atoms with van der Waals surface area (Å²) in [5, 5.41) is 1.18. The van der Waals surface area contributed by atoms with Gasteiger partial charge in [0.15, 0.2) is 0 Å². The molecule has 2 aromatic heterocycles. The Bertz CT molecular complexity index is 1780. The lowest BCUT2D eigenvalue weighted by atomic mass is 10.0. The van der Waals surface area contributed by atoms with Crippen molar-refractivity contribution in [2.24, 2.45) is 0 Å². The zero-order valence-electron chi connectivity index (χ0n) is 22.4. The molecule has 0 spiro atoms. The van der Waals surface area contributed by atoms with Gasteiger partial charge < -0.3 is 4.57 Å². The average Bonchev–Trinajstić information content (AvgIpc) is 3.31. The Balaban J connectivity index is 1.49. The van der Waals surface area contributed by atoms with Gasteiger partial charge in [0.05, 0.1) is 5.69 Å². The van der Waals surface area contributed by atoms with Crippen LogP contribution < -0.4 is 4.31 Å². The molecule has 8 heteroatoms. The van der Waals surface area contributed by atoms with Crippen LogP contribution >= 0.6 is 15.9 Å². The number of carbonyl (C=O) groups is 1. The summed E-state index contributed by atoms with van der Waals surface area (Å²) in [6, 6.07) is 25.8. The molecule has 3 aromatic carbocycles. The van der Waals surface area contributed by atoms with Gasteiger partial charge >= 0.3 is 0 Å². The number of benzene rings is 3. The second kappa shape index (κ2) is 11.8. The maximum atomic E-state index is 13.5. The molecular formula is C32H30BrN3O3S. The number of pyridine rings is 1. The van der Waals surface area contributed by atoms with E-state index >= 15 is 0 Å². The monoisotopic (exact) mass is 615 g/mol. The largest absolute Gasteiger partial charge is 0.325 e. The van der Waals surface area contributed by atoms with Crippen LogP contribution in [-0.2, 0) is 27.8 Å². The fourth-order valence-corrected chi connectivity index (χ4v) is 7.16. The average molecular weight is 617 g/mol. The lowest BCUT2D eigenvalue weighted by Gasteiger charge is -2.21. The zero-order valence-corrected chi connectivity index (χ0v) is 24.8. The van der Waals surface area contributed by atoms with Crippen LogP contribution in [0.4, 0.5) is 5.69 Å². The van der Waals surface area contributed by atoms with E-state index in [4.69, 9.17) is 4.98 Å². The number of hydrogen-bond acceptors (Lipinski definition) is 4. The minimum Gasteiger partial charge on any atom is -0.325 e. The number of aromatic nitrogens is 2. The number of carbonyl (C=O) groups excluding carboxylic acids is 1. The molecule has 0 bridgehead atoms. The van der Waals surface area contributed by atoms with Crippen molar-refractivity contribution in [3.8, 4) is 11.1 Å². The van der Waals surface area contributed by atoms with Gasteiger partial charge in [0.25, 0.3) is 10.0 Å². The fraction of sp³-hybridized carbons (Fsp3) is 0.188. The number of rotatable bonds is 10. The van der Waals surface area contributed by atoms with E-state index in [1.807, 2.05) is 48.7 Å². The summed E-state index contributed by atoms with van der Waals surface area (Å²) < 4.78 is 30.5. The molecule has 0 aliphatic carbocycles. The van der Waals surface area contributed by atoms with Crippen molar-refractivity contribution in [1.29, 1.82) is 0 Å². The van der Waals surface area contributed by atoms with Gasteiger partial charge in [0.2, 0.25) is 6.41 Å². The topological polar surface area (TPSA) is 72.3 Å². The highest BCUT2D eigenvalue weighted by Gasteiger charge is 2.28. The standard InChI is InChI=1S/C32H30BrN3O3S/c1-3-4-9-26-20-28-23(2)18-19-34-32(28)35(26)21-24-14-16-25(17-15-24)27-10-5-7-12-30(27)36(22-37)40(38,39)31-13-8-6-11-29(31)33/h5-8,10-20,22H,3-4,9,21H2,1-2H3. The van der Waals surface area contributed by atoms with Crippen LogP contribution in [0.15, 0.2) is 100 Å². The van der Waals surface area contributed by atoms with Crippen molar-refractivity contribution >= 4 is 49.1 Å². The lowest BCUT2D eigenvalue weighted by Crippen LogP contribution is -2.30. The number of nitrogens with zero attached hydrogens (tertiary/aromatic N) is 3. The third-order valence-electron chi connectivity index (χ3n) is 7.10. The molecule has 2 heterocycles. The first-order valence-corrected chi connectivity index (χ1v) is 15.4. The minimum absolute atomic E-state index is 0.0222. The number of anilines is 1. The van der Waals surface area contributed by atoms with Crippen molar-refractivity contribution in [3.05, 3.63) is 112 Å². The normalized spacial score (nSPS) is 11.6. The van der Waals surface area contributed by atoms with Gasteiger partial charge in [-0.25, -0.2) is 17.7 Å². The Hall–Kier alpha value is -3.75. The van der Waals surface area contributed by atoms with E-state index in [-0.39, 0.29) is 4.90 Å². The molecule has 5 aromatic rings. The first-order valence-electron chi connectivity index (χ1n) is 13.2. The summed E-state index contributed by atoms with van der Waals surface area (Å²) in [5.41, 5.74) is 6.32. The predicted molar refractivity (Wildman–Crippen MR) is 164 cm³/mol. The van der Waals surface area contributed by atoms with Gasteiger partial charge in [-0.2, -0.15) is 0 Å². The molecule has 0 fully saturated rings. The number of amides is 1. The molecule has 0 unspecified atom stereocenters. The summed E-state index contributed by atoms with van der Waals surface area (Å²) in [7, 11) is -4.14. The highest BCUT2D eigenvalue weighted by Crippen LogP contribution is 2.35. The lowest BCUT2D eigenvalue weighted by molar-refractivity contribution is -0.106. The molecule has 0 saturated carbocycles. The van der Waals surface area contributed by atoms with E-state index in [1.165, 1.54) is 22.7 Å². The number of aryl methyl sites for hydroxylation is 2. The van der Waals surface area contributed by atoms with Crippen molar-refractivity contribution in [2.75, 3.05) is 4.31 Å². The molecule has 0 atom stereocenters. The van der Waals surface area contributed by atoms with E-state index < -0.39 is 10.0 Å². The summed E-state index contributed by atoms with van der Waals surface area (Å²) in [5.74, 6) is 0. The van der Waals surface area contributed by atoms with Crippen molar-refractivity contribution in [2.45, 2.75) is 44.6 Å².